The molecule has 0 heterocycles. The van der Waals surface area contributed by atoms with Gasteiger partial charge < -0.3 is 10.1 Å². The molecule has 5 heteroatoms. The van der Waals surface area contributed by atoms with Gasteiger partial charge in [0, 0.05) is 11.1 Å². The van der Waals surface area contributed by atoms with Crippen LogP contribution < -0.4 is 10.1 Å². The molecule has 0 saturated carbocycles. The summed E-state index contributed by atoms with van der Waals surface area (Å²) in [5.74, 6) is 0.272. The Morgan fingerprint density at radius 1 is 1.33 bits per heavy atom. The number of nitrogens with zero attached hydrogens (tertiary/aromatic N) is 1. The molecule has 0 spiro atoms. The van der Waals surface area contributed by atoms with E-state index in [1.165, 1.54) is 7.11 Å². The van der Waals surface area contributed by atoms with Crippen LogP contribution in [0.3, 0.4) is 0 Å². The number of nitriles is 1. The summed E-state index contributed by atoms with van der Waals surface area (Å²) in [6.45, 7) is 0. The van der Waals surface area contributed by atoms with E-state index in [0.717, 1.165) is 5.56 Å². The summed E-state index contributed by atoms with van der Waals surface area (Å²) in [7, 11) is 1.49. The van der Waals surface area contributed by atoms with E-state index in [1.54, 1.807) is 36.4 Å². The maximum absolute atomic E-state index is 12.0. The number of ether oxygens (including phenoxy) is 1. The molecule has 1 amide bonds. The lowest BCUT2D eigenvalue weighted by molar-refractivity contribution is -0.115. The highest BCUT2D eigenvalue weighted by atomic mass is 35.5. The van der Waals surface area contributed by atoms with Crippen LogP contribution in [0.2, 0.25) is 5.02 Å². The largest absolute Gasteiger partial charge is 0.495 e. The summed E-state index contributed by atoms with van der Waals surface area (Å²) >= 11 is 5.89. The molecule has 0 radical (unpaired) electrons. The molecule has 1 N–H and O–H groups in total. The fourth-order valence-corrected chi connectivity index (χ4v) is 2.10. The smallest absolute Gasteiger partial charge is 0.228 e. The van der Waals surface area contributed by atoms with E-state index in [9.17, 15) is 4.79 Å². The molecule has 0 bridgehead atoms. The van der Waals surface area contributed by atoms with Crippen LogP contribution in [0.4, 0.5) is 5.69 Å². The summed E-state index contributed by atoms with van der Waals surface area (Å²) in [5.41, 5.74) is 1.83. The van der Waals surface area contributed by atoms with Gasteiger partial charge in [0.15, 0.2) is 0 Å². The number of hydrogen-bond acceptors (Lipinski definition) is 3. The molecule has 21 heavy (non-hydrogen) atoms. The van der Waals surface area contributed by atoms with Crippen molar-refractivity contribution in [3.63, 3.8) is 0 Å². The maximum Gasteiger partial charge on any atom is 0.228 e. The summed E-state index contributed by atoms with van der Waals surface area (Å²) in [4.78, 5) is 12.0. The van der Waals surface area contributed by atoms with Crippen molar-refractivity contribution in [2.45, 2.75) is 6.42 Å². The lowest BCUT2D eigenvalue weighted by atomic mass is 10.1. The molecule has 2 aromatic carbocycles. The van der Waals surface area contributed by atoms with Crippen molar-refractivity contribution in [3.05, 3.63) is 58.6 Å². The second-order valence-electron chi connectivity index (χ2n) is 4.38. The molecule has 0 aliphatic heterocycles. The third kappa shape index (κ3) is 3.98. The second kappa shape index (κ2) is 6.78. The van der Waals surface area contributed by atoms with Crippen molar-refractivity contribution in [1.29, 1.82) is 5.26 Å². The third-order valence-corrected chi connectivity index (χ3v) is 3.09. The number of rotatable bonds is 4. The number of nitrogens with one attached hydrogen (secondary N) is 1. The predicted molar refractivity (Wildman–Crippen MR) is 81.5 cm³/mol. The first-order valence-corrected chi connectivity index (χ1v) is 6.62. The topological polar surface area (TPSA) is 62.1 Å². The zero-order chi connectivity index (χ0) is 15.2. The van der Waals surface area contributed by atoms with Crippen molar-refractivity contribution in [2.24, 2.45) is 0 Å². The summed E-state index contributed by atoms with van der Waals surface area (Å²) in [6.07, 6.45) is 0.212. The average molecular weight is 301 g/mol. The minimum Gasteiger partial charge on any atom is -0.495 e. The zero-order valence-electron chi connectivity index (χ0n) is 11.4. The number of carbonyl (C=O) groups is 1. The van der Waals surface area contributed by atoms with Crippen LogP contribution in [0.15, 0.2) is 42.5 Å². The van der Waals surface area contributed by atoms with Gasteiger partial charge in [-0.3, -0.25) is 4.79 Å². The first kappa shape index (κ1) is 14.9. The monoisotopic (exact) mass is 300 g/mol. The minimum absolute atomic E-state index is 0.180. The normalized spacial score (nSPS) is 9.76. The molecular weight excluding hydrogens is 288 g/mol. The van der Waals surface area contributed by atoms with Crippen LogP contribution in [0.1, 0.15) is 11.1 Å². The van der Waals surface area contributed by atoms with E-state index in [1.807, 2.05) is 12.1 Å². The first-order chi connectivity index (χ1) is 10.1. The van der Waals surface area contributed by atoms with E-state index >= 15 is 0 Å². The van der Waals surface area contributed by atoms with Crippen molar-refractivity contribution in [2.75, 3.05) is 12.4 Å². The molecular formula is C16H13ClN2O2. The Bertz CT molecular complexity index is 708. The first-order valence-electron chi connectivity index (χ1n) is 6.25. The van der Waals surface area contributed by atoms with Crippen LogP contribution in [-0.2, 0) is 11.2 Å². The fraction of sp³-hybridized carbons (Fsp3) is 0.125. The molecule has 0 aliphatic rings. The van der Waals surface area contributed by atoms with Crippen LogP contribution in [0.25, 0.3) is 0 Å². The van der Waals surface area contributed by atoms with Crippen LogP contribution in [-0.4, -0.2) is 13.0 Å². The molecule has 0 aromatic heterocycles. The quantitative estimate of drug-likeness (QED) is 0.941. The molecule has 0 saturated heterocycles. The van der Waals surface area contributed by atoms with Gasteiger partial charge in [0.25, 0.3) is 0 Å². The summed E-state index contributed by atoms with van der Waals surface area (Å²) in [5, 5.41) is 12.2. The summed E-state index contributed by atoms with van der Waals surface area (Å²) in [6, 6.07) is 14.0. The van der Waals surface area contributed by atoms with Gasteiger partial charge in [-0.1, -0.05) is 23.7 Å². The number of methoxy groups -OCH3 is 1. The molecule has 4 nitrogen and oxygen atoms in total. The Balaban J connectivity index is 2.11. The van der Waals surface area contributed by atoms with E-state index in [4.69, 9.17) is 21.6 Å². The lowest BCUT2D eigenvalue weighted by Gasteiger charge is -2.10. The fourth-order valence-electron chi connectivity index (χ4n) is 1.89. The van der Waals surface area contributed by atoms with Crippen LogP contribution in [0, 0.1) is 11.3 Å². The third-order valence-electron chi connectivity index (χ3n) is 2.86. The molecule has 0 atom stereocenters. The Morgan fingerprint density at radius 2 is 2.14 bits per heavy atom. The van der Waals surface area contributed by atoms with Crippen LogP contribution >= 0.6 is 11.6 Å². The molecule has 2 aromatic rings. The SMILES string of the molecule is COc1cc(C#N)ccc1NC(=O)Cc1cccc(Cl)c1. The highest BCUT2D eigenvalue weighted by molar-refractivity contribution is 6.30. The van der Waals surface area contributed by atoms with Gasteiger partial charge >= 0.3 is 0 Å². The van der Waals surface area contributed by atoms with Crippen molar-refractivity contribution in [1.82, 2.24) is 0 Å². The van der Waals surface area contributed by atoms with E-state index < -0.39 is 0 Å². The summed E-state index contributed by atoms with van der Waals surface area (Å²) < 4.78 is 5.17. The van der Waals surface area contributed by atoms with Crippen molar-refractivity contribution >= 4 is 23.2 Å². The van der Waals surface area contributed by atoms with Gasteiger partial charge in [0.2, 0.25) is 5.91 Å². The standard InChI is InChI=1S/C16H13ClN2O2/c1-21-15-8-12(10-18)5-6-14(15)19-16(20)9-11-3-2-4-13(17)7-11/h2-8H,9H2,1H3,(H,19,20). The highest BCUT2D eigenvalue weighted by Gasteiger charge is 2.09. The molecule has 106 valence electrons. The van der Waals surface area contributed by atoms with Gasteiger partial charge in [-0.15, -0.1) is 0 Å². The highest BCUT2D eigenvalue weighted by Crippen LogP contribution is 2.25. The van der Waals surface area contributed by atoms with E-state index in [-0.39, 0.29) is 12.3 Å². The van der Waals surface area contributed by atoms with Gasteiger partial charge in [0.1, 0.15) is 5.75 Å². The molecule has 0 unspecified atom stereocenters. The number of benzene rings is 2. The number of hydrogen-bond donors (Lipinski definition) is 1. The van der Waals surface area contributed by atoms with Crippen molar-refractivity contribution in [3.8, 4) is 11.8 Å². The minimum atomic E-state index is -0.180. The number of amides is 1. The van der Waals surface area contributed by atoms with Crippen molar-refractivity contribution < 1.29 is 9.53 Å². The Kier molecular flexibility index (Phi) is 4.81. The Morgan fingerprint density at radius 3 is 2.81 bits per heavy atom. The zero-order valence-corrected chi connectivity index (χ0v) is 12.1. The van der Waals surface area contributed by atoms with Gasteiger partial charge in [-0.05, 0) is 29.8 Å². The average Bonchev–Trinajstić information content (AvgIpc) is 2.47. The number of anilines is 1. The molecule has 2 rings (SSSR count). The van der Waals surface area contributed by atoms with Gasteiger partial charge in [0.05, 0.1) is 30.9 Å². The van der Waals surface area contributed by atoms with Crippen LogP contribution in [0.5, 0.6) is 5.75 Å². The van der Waals surface area contributed by atoms with Gasteiger partial charge in [-0.25, -0.2) is 0 Å². The Hall–Kier alpha value is -2.51. The van der Waals surface area contributed by atoms with Gasteiger partial charge in [-0.2, -0.15) is 5.26 Å². The predicted octanol–water partition coefficient (Wildman–Crippen LogP) is 3.40. The maximum atomic E-state index is 12.0. The number of carbonyl (C=O) groups excluding carboxylic acids is 1. The van der Waals surface area contributed by atoms with E-state index in [0.29, 0.717) is 22.0 Å². The molecule has 0 aliphatic carbocycles. The number of halogens is 1. The Labute approximate surface area is 127 Å². The van der Waals surface area contributed by atoms with E-state index in [2.05, 4.69) is 5.32 Å². The second-order valence-corrected chi connectivity index (χ2v) is 4.82. The molecule has 0 fully saturated rings. The lowest BCUT2D eigenvalue weighted by Crippen LogP contribution is -2.15.